The Morgan fingerprint density at radius 3 is 2.58 bits per heavy atom. The first-order valence-electron chi connectivity index (χ1n) is 5.33. The van der Waals surface area contributed by atoms with Gasteiger partial charge in [-0.15, -0.1) is 0 Å². The SMILES string of the molecule is N#Cc1ccc(Oc2cc(C(N)=O)c(N)cn2)cc1. The Bertz CT molecular complexity index is 659. The van der Waals surface area contributed by atoms with Crippen LogP contribution in [0.5, 0.6) is 11.6 Å². The number of nitrogens with two attached hydrogens (primary N) is 2. The van der Waals surface area contributed by atoms with E-state index >= 15 is 0 Å². The van der Waals surface area contributed by atoms with Crippen molar-refractivity contribution in [3.63, 3.8) is 0 Å². The fourth-order valence-corrected chi connectivity index (χ4v) is 1.43. The largest absolute Gasteiger partial charge is 0.439 e. The molecule has 0 fully saturated rings. The number of nitrogens with zero attached hydrogens (tertiary/aromatic N) is 2. The van der Waals surface area contributed by atoms with E-state index in [0.29, 0.717) is 11.3 Å². The molecule has 0 aliphatic carbocycles. The Labute approximate surface area is 109 Å². The first-order valence-corrected chi connectivity index (χ1v) is 5.33. The molecule has 6 heteroatoms. The highest BCUT2D eigenvalue weighted by atomic mass is 16.5. The van der Waals surface area contributed by atoms with E-state index in [4.69, 9.17) is 21.5 Å². The lowest BCUT2D eigenvalue weighted by molar-refractivity contribution is 0.100. The summed E-state index contributed by atoms with van der Waals surface area (Å²) in [6.07, 6.45) is 1.30. The van der Waals surface area contributed by atoms with Crippen molar-refractivity contribution in [1.82, 2.24) is 4.98 Å². The fraction of sp³-hybridized carbons (Fsp3) is 0. The number of amides is 1. The van der Waals surface area contributed by atoms with Gasteiger partial charge in [0.1, 0.15) is 5.75 Å². The number of carbonyl (C=O) groups is 1. The smallest absolute Gasteiger partial charge is 0.251 e. The molecule has 0 radical (unpaired) electrons. The third-order valence-electron chi connectivity index (χ3n) is 2.38. The Morgan fingerprint density at radius 1 is 1.32 bits per heavy atom. The lowest BCUT2D eigenvalue weighted by Crippen LogP contribution is -2.13. The first-order chi connectivity index (χ1) is 9.10. The van der Waals surface area contributed by atoms with Crippen molar-refractivity contribution in [2.75, 3.05) is 5.73 Å². The average Bonchev–Trinajstić information content (AvgIpc) is 2.41. The standard InChI is InChI=1S/C13H10N4O2/c14-6-8-1-3-9(4-2-8)19-12-5-10(13(16)18)11(15)7-17-12/h1-5,7H,15H2,(H2,16,18). The van der Waals surface area contributed by atoms with Gasteiger partial charge in [-0.2, -0.15) is 5.26 Å². The molecule has 19 heavy (non-hydrogen) atoms. The number of pyridine rings is 1. The zero-order valence-electron chi connectivity index (χ0n) is 9.83. The molecular weight excluding hydrogens is 244 g/mol. The minimum atomic E-state index is -0.649. The van der Waals surface area contributed by atoms with Gasteiger partial charge in [-0.25, -0.2) is 4.98 Å². The molecule has 0 saturated carbocycles. The lowest BCUT2D eigenvalue weighted by Gasteiger charge is -2.07. The Hall–Kier alpha value is -3.07. The van der Waals surface area contributed by atoms with Crippen LogP contribution < -0.4 is 16.2 Å². The summed E-state index contributed by atoms with van der Waals surface area (Å²) in [5.41, 5.74) is 11.6. The summed E-state index contributed by atoms with van der Waals surface area (Å²) in [6, 6.07) is 9.85. The van der Waals surface area contributed by atoms with Crippen LogP contribution in [0, 0.1) is 11.3 Å². The number of nitrogen functional groups attached to an aromatic ring is 1. The summed E-state index contributed by atoms with van der Waals surface area (Å²) in [4.78, 5) is 15.1. The normalized spacial score (nSPS) is 9.63. The number of ether oxygens (including phenoxy) is 1. The topological polar surface area (TPSA) is 115 Å². The fourth-order valence-electron chi connectivity index (χ4n) is 1.43. The van der Waals surface area contributed by atoms with Crippen LogP contribution in [0.2, 0.25) is 0 Å². The van der Waals surface area contributed by atoms with E-state index in [1.165, 1.54) is 12.3 Å². The van der Waals surface area contributed by atoms with Gasteiger partial charge in [0, 0.05) is 6.07 Å². The van der Waals surface area contributed by atoms with Crippen LogP contribution in [0.1, 0.15) is 15.9 Å². The molecule has 1 amide bonds. The van der Waals surface area contributed by atoms with Gasteiger partial charge in [0.2, 0.25) is 5.88 Å². The number of benzene rings is 1. The molecule has 0 bridgehead atoms. The van der Waals surface area contributed by atoms with Gasteiger partial charge in [0.15, 0.2) is 0 Å². The molecule has 94 valence electrons. The molecule has 0 aliphatic heterocycles. The van der Waals surface area contributed by atoms with Crippen LogP contribution in [0.4, 0.5) is 5.69 Å². The zero-order valence-corrected chi connectivity index (χ0v) is 9.83. The maximum Gasteiger partial charge on any atom is 0.251 e. The van der Waals surface area contributed by atoms with Crippen LogP contribution in [0.3, 0.4) is 0 Å². The summed E-state index contributed by atoms with van der Waals surface area (Å²) in [6.45, 7) is 0. The molecule has 0 spiro atoms. The second-order valence-electron chi connectivity index (χ2n) is 3.71. The van der Waals surface area contributed by atoms with Gasteiger partial charge in [0.05, 0.1) is 29.1 Å². The van der Waals surface area contributed by atoms with Crippen molar-refractivity contribution in [1.29, 1.82) is 5.26 Å². The monoisotopic (exact) mass is 254 g/mol. The highest BCUT2D eigenvalue weighted by Gasteiger charge is 2.09. The van der Waals surface area contributed by atoms with E-state index in [2.05, 4.69) is 4.98 Å². The maximum atomic E-state index is 11.1. The lowest BCUT2D eigenvalue weighted by atomic mass is 10.2. The van der Waals surface area contributed by atoms with Crippen LogP contribution in [-0.2, 0) is 0 Å². The van der Waals surface area contributed by atoms with Gasteiger partial charge in [-0.3, -0.25) is 4.79 Å². The van der Waals surface area contributed by atoms with E-state index in [9.17, 15) is 4.79 Å². The van der Waals surface area contributed by atoms with E-state index in [0.717, 1.165) is 0 Å². The van der Waals surface area contributed by atoms with Crippen molar-refractivity contribution >= 4 is 11.6 Å². The average molecular weight is 254 g/mol. The Morgan fingerprint density at radius 2 is 2.00 bits per heavy atom. The van der Waals surface area contributed by atoms with Crippen LogP contribution >= 0.6 is 0 Å². The summed E-state index contributed by atoms with van der Waals surface area (Å²) in [7, 11) is 0. The molecule has 0 saturated heterocycles. The number of hydrogen-bond acceptors (Lipinski definition) is 5. The van der Waals surface area contributed by atoms with Gasteiger partial charge in [0.25, 0.3) is 5.91 Å². The van der Waals surface area contributed by atoms with Crippen LogP contribution in [0.15, 0.2) is 36.5 Å². The number of aromatic nitrogens is 1. The number of primary amides is 1. The molecule has 0 unspecified atom stereocenters. The number of nitriles is 1. The van der Waals surface area contributed by atoms with Crippen molar-refractivity contribution in [2.45, 2.75) is 0 Å². The van der Waals surface area contributed by atoms with E-state index < -0.39 is 5.91 Å². The van der Waals surface area contributed by atoms with Gasteiger partial charge in [-0.05, 0) is 24.3 Å². The molecule has 1 aromatic heterocycles. The highest BCUT2D eigenvalue weighted by Crippen LogP contribution is 2.22. The quantitative estimate of drug-likeness (QED) is 0.859. The summed E-state index contributed by atoms with van der Waals surface area (Å²) in [5.74, 6) is 0.0453. The number of rotatable bonds is 3. The molecule has 6 nitrogen and oxygen atoms in total. The second kappa shape index (κ2) is 5.06. The van der Waals surface area contributed by atoms with Gasteiger partial charge < -0.3 is 16.2 Å². The number of hydrogen-bond donors (Lipinski definition) is 2. The zero-order chi connectivity index (χ0) is 13.8. The third-order valence-corrected chi connectivity index (χ3v) is 2.38. The van der Waals surface area contributed by atoms with Crippen molar-refractivity contribution in [3.05, 3.63) is 47.7 Å². The minimum absolute atomic E-state index is 0.152. The molecule has 2 rings (SSSR count). The molecule has 4 N–H and O–H groups in total. The van der Waals surface area contributed by atoms with Crippen molar-refractivity contribution in [2.24, 2.45) is 5.73 Å². The van der Waals surface area contributed by atoms with Gasteiger partial charge in [-0.1, -0.05) is 0 Å². The molecule has 0 aliphatic rings. The predicted molar refractivity (Wildman–Crippen MR) is 68.4 cm³/mol. The summed E-state index contributed by atoms with van der Waals surface area (Å²) in [5, 5.41) is 8.68. The molecule has 1 heterocycles. The van der Waals surface area contributed by atoms with Crippen molar-refractivity contribution in [3.8, 4) is 17.7 Å². The Kier molecular flexibility index (Phi) is 3.30. The molecule has 2 aromatic rings. The van der Waals surface area contributed by atoms with E-state index in [-0.39, 0.29) is 17.1 Å². The highest BCUT2D eigenvalue weighted by molar-refractivity contribution is 5.98. The third kappa shape index (κ3) is 2.79. The van der Waals surface area contributed by atoms with E-state index in [1.54, 1.807) is 24.3 Å². The first kappa shape index (κ1) is 12.4. The predicted octanol–water partition coefficient (Wildman–Crippen LogP) is 1.43. The minimum Gasteiger partial charge on any atom is -0.439 e. The second-order valence-corrected chi connectivity index (χ2v) is 3.71. The molecular formula is C13H10N4O2. The Balaban J connectivity index is 2.25. The van der Waals surface area contributed by atoms with Crippen molar-refractivity contribution < 1.29 is 9.53 Å². The summed E-state index contributed by atoms with van der Waals surface area (Å²) >= 11 is 0. The maximum absolute atomic E-state index is 11.1. The number of carbonyl (C=O) groups excluding carboxylic acids is 1. The van der Waals surface area contributed by atoms with E-state index in [1.807, 2.05) is 6.07 Å². The molecule has 0 atom stereocenters. The van der Waals surface area contributed by atoms with Crippen LogP contribution in [-0.4, -0.2) is 10.9 Å². The summed E-state index contributed by atoms with van der Waals surface area (Å²) < 4.78 is 5.44. The van der Waals surface area contributed by atoms with Gasteiger partial charge >= 0.3 is 0 Å². The van der Waals surface area contributed by atoms with Crippen LogP contribution in [0.25, 0.3) is 0 Å². The number of anilines is 1. The molecule has 1 aromatic carbocycles.